The molecule has 7 heteroatoms. The van der Waals surface area contributed by atoms with E-state index in [1.165, 1.54) is 0 Å². The molecule has 1 saturated carbocycles. The Morgan fingerprint density at radius 2 is 1.66 bits per heavy atom. The van der Waals surface area contributed by atoms with Crippen LogP contribution in [0, 0.1) is 17.3 Å². The second kappa shape index (κ2) is 10.5. The summed E-state index contributed by atoms with van der Waals surface area (Å²) in [7, 11) is 0. The molecule has 4 aliphatic rings. The predicted molar refractivity (Wildman–Crippen MR) is 138 cm³/mol. The van der Waals surface area contributed by atoms with E-state index >= 15 is 0 Å². The maximum Gasteiger partial charge on any atom is 0.252 e. The van der Waals surface area contributed by atoms with E-state index in [4.69, 9.17) is 16.3 Å². The third-order valence-corrected chi connectivity index (χ3v) is 9.20. The topological polar surface area (TPSA) is 70.7 Å². The molecule has 1 aromatic carbocycles. The molecule has 5 atom stereocenters. The Kier molecular flexibility index (Phi) is 7.55. The number of nitrogens with zero attached hydrogens (tertiary/aromatic N) is 1. The lowest BCUT2D eigenvalue weighted by molar-refractivity contribution is -0.149. The number of nitrogens with one attached hydrogen (secondary N) is 2. The molecule has 2 N–H and O–H groups in total. The van der Waals surface area contributed by atoms with Crippen molar-refractivity contribution in [3.05, 3.63) is 34.9 Å². The quantitative estimate of drug-likeness (QED) is 0.620. The van der Waals surface area contributed by atoms with E-state index in [2.05, 4.69) is 29.4 Å². The molecule has 192 valence electrons. The summed E-state index contributed by atoms with van der Waals surface area (Å²) in [5.74, 6) is 0.256. The fourth-order valence-electron chi connectivity index (χ4n) is 6.78. The Morgan fingerprint density at radius 3 is 2.34 bits per heavy atom. The highest BCUT2D eigenvalue weighted by Crippen LogP contribution is 2.40. The number of Topliss-reactive ketones (excluding diaryl/α,β-unsaturated/α-hetero) is 1. The molecule has 0 aromatic heterocycles. The van der Waals surface area contributed by atoms with Crippen LogP contribution in [0.2, 0.25) is 5.02 Å². The minimum atomic E-state index is -0.351. The fourth-order valence-corrected chi connectivity index (χ4v) is 6.90. The van der Waals surface area contributed by atoms with Crippen molar-refractivity contribution in [3.63, 3.8) is 0 Å². The summed E-state index contributed by atoms with van der Waals surface area (Å²) in [5.41, 5.74) is 1.47. The van der Waals surface area contributed by atoms with Crippen LogP contribution in [-0.4, -0.2) is 67.6 Å². The number of hydrogen-bond donors (Lipinski definition) is 2. The van der Waals surface area contributed by atoms with Crippen molar-refractivity contribution in [1.82, 2.24) is 15.5 Å². The van der Waals surface area contributed by atoms with Crippen LogP contribution in [0.4, 0.5) is 0 Å². The number of halogens is 1. The van der Waals surface area contributed by atoms with Crippen molar-refractivity contribution >= 4 is 23.3 Å². The number of carbonyl (C=O) groups is 2. The van der Waals surface area contributed by atoms with Gasteiger partial charge in [0.25, 0.3) is 5.91 Å². The molecule has 1 amide bonds. The van der Waals surface area contributed by atoms with Crippen molar-refractivity contribution in [2.75, 3.05) is 32.8 Å². The SMILES string of the molecule is CC1(C)CCC(N(C(=O)[C@@H]2CCCO2)[C@@H]2CNCC2C(=O)[C@@H]2CNCC2c2ccc(Cl)cc2)CC1. The molecule has 4 fully saturated rings. The highest BCUT2D eigenvalue weighted by Gasteiger charge is 2.48. The van der Waals surface area contributed by atoms with Gasteiger partial charge in [0.1, 0.15) is 11.9 Å². The normalized spacial score (nSPS) is 33.2. The van der Waals surface area contributed by atoms with Crippen LogP contribution in [0.15, 0.2) is 24.3 Å². The first kappa shape index (κ1) is 25.2. The van der Waals surface area contributed by atoms with Gasteiger partial charge in [-0.3, -0.25) is 9.59 Å². The Labute approximate surface area is 214 Å². The lowest BCUT2D eigenvalue weighted by atomic mass is 9.74. The zero-order valence-electron chi connectivity index (χ0n) is 21.1. The maximum atomic E-state index is 14.1. The van der Waals surface area contributed by atoms with Crippen molar-refractivity contribution < 1.29 is 14.3 Å². The molecule has 3 saturated heterocycles. The highest BCUT2D eigenvalue weighted by atomic mass is 35.5. The molecular formula is C28H40ClN3O3. The Balaban J connectivity index is 1.38. The summed E-state index contributed by atoms with van der Waals surface area (Å²) in [6, 6.07) is 7.99. The van der Waals surface area contributed by atoms with Crippen molar-refractivity contribution in [3.8, 4) is 0 Å². The van der Waals surface area contributed by atoms with Gasteiger partial charge in [0.2, 0.25) is 0 Å². The average Bonchev–Trinajstić information content (AvgIpc) is 3.62. The van der Waals surface area contributed by atoms with Crippen LogP contribution < -0.4 is 10.6 Å². The molecule has 3 aliphatic heterocycles. The molecule has 35 heavy (non-hydrogen) atoms. The minimum Gasteiger partial charge on any atom is -0.368 e. The molecule has 0 bridgehead atoms. The molecule has 6 nitrogen and oxygen atoms in total. The molecule has 5 rings (SSSR count). The molecule has 1 aromatic rings. The summed E-state index contributed by atoms with van der Waals surface area (Å²) in [4.78, 5) is 30.0. The number of ether oxygens (including phenoxy) is 1. The maximum absolute atomic E-state index is 14.1. The van der Waals surface area contributed by atoms with Crippen LogP contribution in [-0.2, 0) is 14.3 Å². The van der Waals surface area contributed by atoms with Gasteiger partial charge in [-0.05, 0) is 61.6 Å². The third kappa shape index (κ3) is 5.31. The highest BCUT2D eigenvalue weighted by molar-refractivity contribution is 6.30. The van der Waals surface area contributed by atoms with Crippen LogP contribution in [0.25, 0.3) is 0 Å². The largest absolute Gasteiger partial charge is 0.368 e. The van der Waals surface area contributed by atoms with E-state index in [9.17, 15) is 9.59 Å². The van der Waals surface area contributed by atoms with Crippen LogP contribution in [0.5, 0.6) is 0 Å². The summed E-state index contributed by atoms with van der Waals surface area (Å²) in [6.45, 7) is 8.10. The number of amides is 1. The van der Waals surface area contributed by atoms with E-state index in [-0.39, 0.29) is 47.6 Å². The van der Waals surface area contributed by atoms with Gasteiger partial charge in [0.05, 0.1) is 12.0 Å². The van der Waals surface area contributed by atoms with Gasteiger partial charge in [0.15, 0.2) is 0 Å². The number of hydrogen-bond acceptors (Lipinski definition) is 5. The van der Waals surface area contributed by atoms with E-state index in [0.717, 1.165) is 50.6 Å². The van der Waals surface area contributed by atoms with Crippen molar-refractivity contribution in [2.45, 2.75) is 76.5 Å². The fraction of sp³-hybridized carbons (Fsp3) is 0.714. The molecule has 0 radical (unpaired) electrons. The van der Waals surface area contributed by atoms with Gasteiger partial charge in [-0.25, -0.2) is 0 Å². The number of benzene rings is 1. The Hall–Kier alpha value is -1.47. The number of carbonyl (C=O) groups excluding carboxylic acids is 2. The lowest BCUT2D eigenvalue weighted by Gasteiger charge is -2.44. The number of ketones is 1. The van der Waals surface area contributed by atoms with E-state index in [0.29, 0.717) is 36.7 Å². The smallest absolute Gasteiger partial charge is 0.252 e. The number of rotatable bonds is 6. The monoisotopic (exact) mass is 501 g/mol. The van der Waals surface area contributed by atoms with Gasteiger partial charge in [-0.15, -0.1) is 0 Å². The van der Waals surface area contributed by atoms with E-state index in [1.807, 2.05) is 24.3 Å². The van der Waals surface area contributed by atoms with Crippen molar-refractivity contribution in [2.24, 2.45) is 17.3 Å². The van der Waals surface area contributed by atoms with Crippen molar-refractivity contribution in [1.29, 1.82) is 0 Å². The van der Waals surface area contributed by atoms with E-state index in [1.54, 1.807) is 0 Å². The second-order valence-corrected chi connectivity index (χ2v) is 12.2. The van der Waals surface area contributed by atoms with Crippen LogP contribution in [0.1, 0.15) is 63.9 Å². The Morgan fingerprint density at radius 1 is 0.971 bits per heavy atom. The van der Waals surface area contributed by atoms with Gasteiger partial charge in [-0.2, -0.15) is 0 Å². The summed E-state index contributed by atoms with van der Waals surface area (Å²) < 4.78 is 5.85. The molecule has 0 spiro atoms. The predicted octanol–water partition coefficient (Wildman–Crippen LogP) is 3.78. The van der Waals surface area contributed by atoms with Gasteiger partial charge in [0, 0.05) is 55.7 Å². The summed E-state index contributed by atoms with van der Waals surface area (Å²) >= 11 is 6.11. The molecule has 1 aliphatic carbocycles. The standard InChI is InChI=1S/C28H40ClN3O3/c1-28(2)11-9-20(10-12-28)32(27(34)25-4-3-13-35-25)24-17-31-16-23(24)26(33)22-15-30-14-21(22)18-5-7-19(29)8-6-18/h5-8,20-25,30-31H,3-4,9-17H2,1-2H3/t21?,22-,23?,24-,25+/m1/s1. The summed E-state index contributed by atoms with van der Waals surface area (Å²) in [6.07, 6.45) is 5.59. The summed E-state index contributed by atoms with van der Waals surface area (Å²) in [5, 5.41) is 7.64. The van der Waals surface area contributed by atoms with E-state index < -0.39 is 0 Å². The molecule has 2 unspecified atom stereocenters. The molecule has 3 heterocycles. The third-order valence-electron chi connectivity index (χ3n) is 8.94. The lowest BCUT2D eigenvalue weighted by Crippen LogP contribution is -2.56. The first-order chi connectivity index (χ1) is 16.8. The first-order valence-corrected chi connectivity index (χ1v) is 13.9. The van der Waals surface area contributed by atoms with Gasteiger partial charge < -0.3 is 20.3 Å². The zero-order valence-corrected chi connectivity index (χ0v) is 21.9. The zero-order chi connectivity index (χ0) is 24.6. The van der Waals surface area contributed by atoms with Crippen LogP contribution in [0.3, 0.4) is 0 Å². The first-order valence-electron chi connectivity index (χ1n) is 13.5. The Bertz CT molecular complexity index is 905. The minimum absolute atomic E-state index is 0.0893. The second-order valence-electron chi connectivity index (χ2n) is 11.8. The van der Waals surface area contributed by atoms with Gasteiger partial charge >= 0.3 is 0 Å². The van der Waals surface area contributed by atoms with Crippen LogP contribution >= 0.6 is 11.6 Å². The average molecular weight is 502 g/mol. The molecular weight excluding hydrogens is 462 g/mol. The van der Waals surface area contributed by atoms with Gasteiger partial charge in [-0.1, -0.05) is 37.6 Å².